The van der Waals surface area contributed by atoms with Crippen LogP contribution in [0.3, 0.4) is 0 Å². The number of pyridine rings is 1. The summed E-state index contributed by atoms with van der Waals surface area (Å²) in [5.74, 6) is 0. The largest absolute Gasteiger partial charge is 0.262 e. The van der Waals surface area contributed by atoms with E-state index in [0.717, 1.165) is 14.6 Å². The Bertz CT molecular complexity index is 338. The first-order chi connectivity index (χ1) is 5.40. The lowest BCUT2D eigenvalue weighted by Gasteiger charge is -1.80. The van der Waals surface area contributed by atoms with Crippen molar-refractivity contribution in [2.24, 2.45) is 0 Å². The molecule has 0 N–H and O–H groups in total. The molecule has 0 aliphatic heterocycles. The highest BCUT2D eigenvalue weighted by atomic mass is 33.1. The monoisotopic (exact) mass is 200 g/mol. The van der Waals surface area contributed by atoms with Crippen molar-refractivity contribution in [3.63, 3.8) is 0 Å². The Morgan fingerprint density at radius 2 is 2.45 bits per heavy atom. The minimum absolute atomic E-state index is 0.953. The van der Waals surface area contributed by atoms with E-state index < -0.39 is 0 Å². The van der Waals surface area contributed by atoms with Gasteiger partial charge < -0.3 is 0 Å². The van der Waals surface area contributed by atoms with Crippen molar-refractivity contribution < 1.29 is 0 Å². The maximum absolute atomic E-state index is 4.27. The van der Waals surface area contributed by atoms with Crippen LogP contribution in [0.15, 0.2) is 22.8 Å². The van der Waals surface area contributed by atoms with Gasteiger partial charge in [-0.3, -0.25) is 4.98 Å². The predicted octanol–water partition coefficient (Wildman–Crippen LogP) is 2.63. The second kappa shape index (κ2) is 3.00. The molecule has 2 aromatic rings. The average Bonchev–Trinajstić information content (AvgIpc) is 2.46. The molecule has 0 spiro atoms. The van der Waals surface area contributed by atoms with Gasteiger partial charge in [0.2, 0.25) is 0 Å². The maximum atomic E-state index is 4.27. The van der Waals surface area contributed by atoms with Crippen molar-refractivity contribution in [2.45, 2.75) is 4.34 Å². The molecule has 56 valence electrons. The van der Waals surface area contributed by atoms with Crippen LogP contribution in [0.5, 0.6) is 0 Å². The summed E-state index contributed by atoms with van der Waals surface area (Å²) in [7, 11) is 1.37. The lowest BCUT2D eigenvalue weighted by Crippen LogP contribution is -1.69. The molecular formula is C6H4N2S3. The summed E-state index contributed by atoms with van der Waals surface area (Å²) < 4.78 is 2.13. The van der Waals surface area contributed by atoms with Gasteiger partial charge in [-0.15, -0.1) is 23.0 Å². The molecule has 0 radical (unpaired) electrons. The number of thiol groups is 1. The van der Waals surface area contributed by atoms with Crippen LogP contribution in [0, 0.1) is 0 Å². The van der Waals surface area contributed by atoms with Crippen LogP contribution in [0.4, 0.5) is 0 Å². The zero-order valence-electron chi connectivity index (χ0n) is 5.39. The van der Waals surface area contributed by atoms with Crippen LogP contribution in [0.1, 0.15) is 0 Å². The van der Waals surface area contributed by atoms with Crippen molar-refractivity contribution in [2.75, 3.05) is 0 Å². The molecule has 11 heavy (non-hydrogen) atoms. The van der Waals surface area contributed by atoms with Gasteiger partial charge in [0.1, 0.15) is 5.52 Å². The van der Waals surface area contributed by atoms with Gasteiger partial charge in [0.05, 0.1) is 10.9 Å². The van der Waals surface area contributed by atoms with Crippen LogP contribution >= 0.6 is 33.8 Å². The summed E-state index contributed by atoms with van der Waals surface area (Å²) in [6.45, 7) is 0. The van der Waals surface area contributed by atoms with Crippen LogP contribution in [-0.4, -0.2) is 9.97 Å². The molecule has 0 saturated heterocycles. The van der Waals surface area contributed by atoms with E-state index in [9.17, 15) is 0 Å². The smallest absolute Gasteiger partial charge is 0.161 e. The Balaban J connectivity index is 2.69. The molecule has 0 aliphatic rings. The number of fused-ring (bicyclic) bond motifs is 1. The van der Waals surface area contributed by atoms with Crippen LogP contribution in [0.2, 0.25) is 0 Å². The minimum Gasteiger partial charge on any atom is -0.262 e. The number of hydrogen-bond acceptors (Lipinski definition) is 5. The molecule has 0 atom stereocenters. The normalized spacial score (nSPS) is 10.6. The fourth-order valence-corrected chi connectivity index (χ4v) is 2.48. The van der Waals surface area contributed by atoms with Crippen molar-refractivity contribution in [3.05, 3.63) is 18.5 Å². The molecular weight excluding hydrogens is 196 g/mol. The second-order valence-electron chi connectivity index (χ2n) is 1.91. The second-order valence-corrected chi connectivity index (χ2v) is 4.32. The molecule has 0 unspecified atom stereocenters. The fraction of sp³-hybridized carbons (Fsp3) is 0. The van der Waals surface area contributed by atoms with Gasteiger partial charge >= 0.3 is 0 Å². The summed E-state index contributed by atoms with van der Waals surface area (Å²) in [6.07, 6.45) is 3.53. The first kappa shape index (κ1) is 7.39. The zero-order chi connectivity index (χ0) is 7.68. The summed E-state index contributed by atoms with van der Waals surface area (Å²) >= 11 is 5.70. The number of nitrogens with zero attached hydrogens (tertiary/aromatic N) is 2. The Morgan fingerprint density at radius 3 is 3.18 bits per heavy atom. The minimum atomic E-state index is 0.953. The third-order valence-corrected chi connectivity index (χ3v) is 3.72. The fourth-order valence-electron chi connectivity index (χ4n) is 0.798. The van der Waals surface area contributed by atoms with E-state index in [0.29, 0.717) is 0 Å². The molecule has 2 heterocycles. The van der Waals surface area contributed by atoms with Crippen molar-refractivity contribution in [1.82, 2.24) is 9.97 Å². The zero-order valence-corrected chi connectivity index (χ0v) is 7.92. The van der Waals surface area contributed by atoms with E-state index in [1.165, 1.54) is 10.8 Å². The average molecular weight is 200 g/mol. The SMILES string of the molecule is SSc1nc2cnccc2s1. The van der Waals surface area contributed by atoms with Gasteiger partial charge in [0, 0.05) is 6.20 Å². The predicted molar refractivity (Wildman–Crippen MR) is 52.3 cm³/mol. The van der Waals surface area contributed by atoms with E-state index in [1.54, 1.807) is 23.7 Å². The van der Waals surface area contributed by atoms with E-state index in [2.05, 4.69) is 21.6 Å². The van der Waals surface area contributed by atoms with E-state index in [1.807, 2.05) is 6.07 Å². The quantitative estimate of drug-likeness (QED) is 0.566. The van der Waals surface area contributed by atoms with E-state index in [-0.39, 0.29) is 0 Å². The molecule has 0 saturated carbocycles. The molecule has 2 nitrogen and oxygen atoms in total. The topological polar surface area (TPSA) is 25.8 Å². The third kappa shape index (κ3) is 1.36. The number of rotatable bonds is 1. The first-order valence-corrected chi connectivity index (χ1v) is 5.60. The van der Waals surface area contributed by atoms with Gasteiger partial charge in [-0.05, 0) is 16.9 Å². The van der Waals surface area contributed by atoms with Crippen molar-refractivity contribution in [1.29, 1.82) is 0 Å². The molecule has 0 aliphatic carbocycles. The summed E-state index contributed by atoms with van der Waals surface area (Å²) in [5, 5.41) is 0. The van der Waals surface area contributed by atoms with Gasteiger partial charge in [0.25, 0.3) is 0 Å². The summed E-state index contributed by atoms with van der Waals surface area (Å²) in [6, 6.07) is 1.96. The Labute approximate surface area is 76.9 Å². The van der Waals surface area contributed by atoms with E-state index in [4.69, 9.17) is 0 Å². The van der Waals surface area contributed by atoms with Gasteiger partial charge in [-0.2, -0.15) is 0 Å². The number of thiazole rings is 1. The molecule has 0 amide bonds. The van der Waals surface area contributed by atoms with Crippen molar-refractivity contribution in [3.8, 4) is 0 Å². The summed E-state index contributed by atoms with van der Waals surface area (Å²) in [5.41, 5.74) is 0.953. The van der Waals surface area contributed by atoms with Gasteiger partial charge in [0.15, 0.2) is 4.34 Å². The molecule has 0 fully saturated rings. The van der Waals surface area contributed by atoms with Gasteiger partial charge in [-0.25, -0.2) is 4.98 Å². The Kier molecular flexibility index (Phi) is 2.02. The summed E-state index contributed by atoms with van der Waals surface area (Å²) in [4.78, 5) is 8.24. The van der Waals surface area contributed by atoms with Gasteiger partial charge in [-0.1, -0.05) is 0 Å². The Hall–Kier alpha value is -0.260. The third-order valence-electron chi connectivity index (χ3n) is 1.25. The molecule has 2 rings (SSSR count). The Morgan fingerprint density at radius 1 is 1.55 bits per heavy atom. The number of aromatic nitrogens is 2. The lowest BCUT2D eigenvalue weighted by molar-refractivity contribution is 1.28. The van der Waals surface area contributed by atoms with Crippen LogP contribution in [-0.2, 0) is 0 Å². The first-order valence-electron chi connectivity index (χ1n) is 2.92. The van der Waals surface area contributed by atoms with Crippen LogP contribution < -0.4 is 0 Å². The number of hydrogen-bond donors (Lipinski definition) is 1. The molecule has 5 heteroatoms. The van der Waals surface area contributed by atoms with Crippen LogP contribution in [0.25, 0.3) is 10.2 Å². The standard InChI is InChI=1S/C6H4N2S3/c9-11-6-8-4-3-7-2-1-5(4)10-6/h1-3,9H. The highest BCUT2D eigenvalue weighted by molar-refractivity contribution is 8.69. The molecule has 2 aromatic heterocycles. The maximum Gasteiger partial charge on any atom is 0.161 e. The molecule has 0 bridgehead atoms. The lowest BCUT2D eigenvalue weighted by atomic mass is 10.5. The molecule has 0 aromatic carbocycles. The van der Waals surface area contributed by atoms with E-state index >= 15 is 0 Å². The highest BCUT2D eigenvalue weighted by Gasteiger charge is 2.00. The van der Waals surface area contributed by atoms with Crippen molar-refractivity contribution >= 4 is 44.0 Å². The highest BCUT2D eigenvalue weighted by Crippen LogP contribution is 2.30.